The lowest BCUT2D eigenvalue weighted by molar-refractivity contribution is 0.506. The van der Waals surface area contributed by atoms with E-state index in [1.54, 1.807) is 6.07 Å². The summed E-state index contributed by atoms with van der Waals surface area (Å²) in [7, 11) is 0. The maximum Gasteiger partial charge on any atom is 0.159 e. The second kappa shape index (κ2) is 3.63. The molecule has 1 nitrogen and oxygen atoms in total. The molecule has 0 saturated heterocycles. The van der Waals surface area contributed by atoms with E-state index in [0.717, 1.165) is 11.6 Å². The monoisotopic (exact) mass is 171 g/mol. The normalized spacial score (nSPS) is 13.0. The van der Waals surface area contributed by atoms with Gasteiger partial charge in [0.2, 0.25) is 0 Å². The Hall–Kier alpha value is -0.960. The molecule has 0 spiro atoms. The third kappa shape index (κ3) is 2.27. The SMILES string of the molecule is CC(N)Cc1ccc(F)c(F)c1. The van der Waals surface area contributed by atoms with Crippen molar-refractivity contribution in [3.8, 4) is 0 Å². The number of rotatable bonds is 2. The first-order valence-electron chi connectivity index (χ1n) is 3.79. The molecular formula is C9H11F2N. The van der Waals surface area contributed by atoms with Crippen LogP contribution in [0.1, 0.15) is 12.5 Å². The molecule has 0 bridgehead atoms. The molecule has 1 rings (SSSR count). The zero-order chi connectivity index (χ0) is 9.14. The van der Waals surface area contributed by atoms with E-state index in [-0.39, 0.29) is 6.04 Å². The van der Waals surface area contributed by atoms with Crippen LogP contribution in [0.5, 0.6) is 0 Å². The van der Waals surface area contributed by atoms with Crippen LogP contribution in [0, 0.1) is 11.6 Å². The first-order chi connectivity index (χ1) is 5.59. The van der Waals surface area contributed by atoms with Crippen molar-refractivity contribution >= 4 is 0 Å². The zero-order valence-electron chi connectivity index (χ0n) is 6.85. The quantitative estimate of drug-likeness (QED) is 0.722. The summed E-state index contributed by atoms with van der Waals surface area (Å²) in [6, 6.07) is 3.81. The molecule has 0 radical (unpaired) electrons. The third-order valence-corrected chi connectivity index (χ3v) is 1.54. The molecule has 0 aliphatic heterocycles. The standard InChI is InChI=1S/C9H11F2N/c1-6(12)4-7-2-3-8(10)9(11)5-7/h2-3,5-6H,4,12H2,1H3. The lowest BCUT2D eigenvalue weighted by Crippen LogP contribution is -2.17. The van der Waals surface area contributed by atoms with Gasteiger partial charge in [-0.1, -0.05) is 6.07 Å². The van der Waals surface area contributed by atoms with Gasteiger partial charge in [-0.25, -0.2) is 8.78 Å². The van der Waals surface area contributed by atoms with E-state index < -0.39 is 11.6 Å². The van der Waals surface area contributed by atoms with E-state index in [1.807, 2.05) is 6.92 Å². The lowest BCUT2D eigenvalue weighted by Gasteiger charge is -2.04. The van der Waals surface area contributed by atoms with Crippen LogP contribution in [0.4, 0.5) is 8.78 Å². The largest absolute Gasteiger partial charge is 0.328 e. The van der Waals surface area contributed by atoms with Gasteiger partial charge >= 0.3 is 0 Å². The van der Waals surface area contributed by atoms with Crippen LogP contribution in [0.3, 0.4) is 0 Å². The minimum Gasteiger partial charge on any atom is -0.328 e. The first-order valence-corrected chi connectivity index (χ1v) is 3.79. The van der Waals surface area contributed by atoms with Crippen LogP contribution in [-0.4, -0.2) is 6.04 Å². The van der Waals surface area contributed by atoms with Crippen molar-refractivity contribution in [2.75, 3.05) is 0 Å². The Labute approximate surface area is 70.2 Å². The maximum atomic E-state index is 12.6. The Kier molecular flexibility index (Phi) is 2.76. The van der Waals surface area contributed by atoms with E-state index in [9.17, 15) is 8.78 Å². The van der Waals surface area contributed by atoms with Gasteiger partial charge in [0, 0.05) is 6.04 Å². The predicted molar refractivity (Wildman–Crippen MR) is 43.7 cm³/mol. The highest BCUT2D eigenvalue weighted by Gasteiger charge is 2.03. The van der Waals surface area contributed by atoms with Crippen LogP contribution in [0.15, 0.2) is 18.2 Å². The molecule has 0 amide bonds. The second-order valence-corrected chi connectivity index (χ2v) is 2.93. The van der Waals surface area contributed by atoms with Crippen LogP contribution < -0.4 is 5.73 Å². The van der Waals surface area contributed by atoms with E-state index in [0.29, 0.717) is 6.42 Å². The van der Waals surface area contributed by atoms with Crippen molar-refractivity contribution in [2.24, 2.45) is 5.73 Å². The molecule has 0 saturated carbocycles. The molecule has 0 aliphatic carbocycles. The van der Waals surface area contributed by atoms with E-state index in [4.69, 9.17) is 5.73 Å². The molecule has 1 aromatic rings. The molecule has 1 aromatic carbocycles. The van der Waals surface area contributed by atoms with Crippen molar-refractivity contribution in [1.29, 1.82) is 0 Å². The lowest BCUT2D eigenvalue weighted by atomic mass is 10.1. The average Bonchev–Trinajstić information content (AvgIpc) is 1.96. The summed E-state index contributed by atoms with van der Waals surface area (Å²) >= 11 is 0. The van der Waals surface area contributed by atoms with Gasteiger partial charge in [-0.2, -0.15) is 0 Å². The second-order valence-electron chi connectivity index (χ2n) is 2.93. The Balaban J connectivity index is 2.82. The van der Waals surface area contributed by atoms with Gasteiger partial charge in [-0.05, 0) is 31.0 Å². The number of hydrogen-bond acceptors (Lipinski definition) is 1. The highest BCUT2D eigenvalue weighted by molar-refractivity contribution is 5.18. The third-order valence-electron chi connectivity index (χ3n) is 1.54. The summed E-state index contributed by atoms with van der Waals surface area (Å²) in [4.78, 5) is 0. The van der Waals surface area contributed by atoms with Crippen LogP contribution in [0.25, 0.3) is 0 Å². The summed E-state index contributed by atoms with van der Waals surface area (Å²) in [6.45, 7) is 1.82. The molecule has 0 aromatic heterocycles. The van der Waals surface area contributed by atoms with E-state index in [1.165, 1.54) is 6.07 Å². The minimum atomic E-state index is -0.816. The molecular weight excluding hydrogens is 160 g/mol. The number of nitrogens with two attached hydrogens (primary N) is 1. The average molecular weight is 171 g/mol. The molecule has 2 N–H and O–H groups in total. The fraction of sp³-hybridized carbons (Fsp3) is 0.333. The first kappa shape index (κ1) is 9.13. The Morgan fingerprint density at radius 1 is 1.33 bits per heavy atom. The van der Waals surface area contributed by atoms with Gasteiger partial charge in [0.25, 0.3) is 0 Å². The molecule has 0 heterocycles. The highest BCUT2D eigenvalue weighted by atomic mass is 19.2. The van der Waals surface area contributed by atoms with E-state index in [2.05, 4.69) is 0 Å². The smallest absolute Gasteiger partial charge is 0.159 e. The topological polar surface area (TPSA) is 26.0 Å². The number of halogens is 2. The molecule has 0 aliphatic rings. The Bertz CT molecular complexity index is 271. The van der Waals surface area contributed by atoms with Gasteiger partial charge in [-0.15, -0.1) is 0 Å². The molecule has 12 heavy (non-hydrogen) atoms. The van der Waals surface area contributed by atoms with Crippen LogP contribution in [0.2, 0.25) is 0 Å². The van der Waals surface area contributed by atoms with Gasteiger partial charge in [0.15, 0.2) is 11.6 Å². The summed E-state index contributed by atoms with van der Waals surface area (Å²) < 4.78 is 25.0. The van der Waals surface area contributed by atoms with Crippen molar-refractivity contribution in [3.05, 3.63) is 35.4 Å². The van der Waals surface area contributed by atoms with Crippen molar-refractivity contribution in [3.63, 3.8) is 0 Å². The van der Waals surface area contributed by atoms with Gasteiger partial charge in [0.1, 0.15) is 0 Å². The van der Waals surface area contributed by atoms with Gasteiger partial charge in [-0.3, -0.25) is 0 Å². The number of benzene rings is 1. The summed E-state index contributed by atoms with van der Waals surface area (Å²) in [5.41, 5.74) is 6.22. The zero-order valence-corrected chi connectivity index (χ0v) is 6.85. The van der Waals surface area contributed by atoms with Crippen LogP contribution >= 0.6 is 0 Å². The molecule has 66 valence electrons. The molecule has 3 heteroatoms. The van der Waals surface area contributed by atoms with Crippen molar-refractivity contribution in [2.45, 2.75) is 19.4 Å². The summed E-state index contributed by atoms with van der Waals surface area (Å²) in [6.07, 6.45) is 0.567. The Morgan fingerprint density at radius 3 is 2.50 bits per heavy atom. The fourth-order valence-corrected chi connectivity index (χ4v) is 1.04. The predicted octanol–water partition coefficient (Wildman–Crippen LogP) is 1.85. The highest BCUT2D eigenvalue weighted by Crippen LogP contribution is 2.09. The van der Waals surface area contributed by atoms with Crippen molar-refractivity contribution < 1.29 is 8.78 Å². The van der Waals surface area contributed by atoms with Crippen molar-refractivity contribution in [1.82, 2.24) is 0 Å². The maximum absolute atomic E-state index is 12.6. The molecule has 0 fully saturated rings. The fourth-order valence-electron chi connectivity index (χ4n) is 1.04. The van der Waals surface area contributed by atoms with E-state index >= 15 is 0 Å². The molecule has 1 atom stereocenters. The summed E-state index contributed by atoms with van der Waals surface area (Å²) in [5, 5.41) is 0. The van der Waals surface area contributed by atoms with Gasteiger partial charge < -0.3 is 5.73 Å². The van der Waals surface area contributed by atoms with Gasteiger partial charge in [0.05, 0.1) is 0 Å². The Morgan fingerprint density at radius 2 is 2.00 bits per heavy atom. The number of hydrogen-bond donors (Lipinski definition) is 1. The minimum absolute atomic E-state index is 0.0325. The summed E-state index contributed by atoms with van der Waals surface area (Å²) in [5.74, 6) is -1.63. The molecule has 1 unspecified atom stereocenters. The van der Waals surface area contributed by atoms with Crippen LogP contribution in [-0.2, 0) is 6.42 Å².